The number of aromatic nitrogens is 2. The van der Waals surface area contributed by atoms with Gasteiger partial charge in [0.1, 0.15) is 23.1 Å². The third-order valence-electron chi connectivity index (χ3n) is 6.15. The van der Waals surface area contributed by atoms with Crippen molar-refractivity contribution in [3.63, 3.8) is 0 Å². The number of fused-ring (bicyclic) bond motifs is 1. The fraction of sp³-hybridized carbons (Fsp3) is 0.300. The quantitative estimate of drug-likeness (QED) is 0.279. The number of carbonyl (C=O) groups is 2. The van der Waals surface area contributed by atoms with E-state index in [0.29, 0.717) is 22.4 Å². The van der Waals surface area contributed by atoms with Gasteiger partial charge in [0.2, 0.25) is 0 Å². The molecule has 0 aliphatic rings. The summed E-state index contributed by atoms with van der Waals surface area (Å²) in [6, 6.07) is 14.3. The Morgan fingerprint density at radius 1 is 1.00 bits per heavy atom. The Morgan fingerprint density at radius 2 is 1.66 bits per heavy atom. The minimum absolute atomic E-state index is 0.162. The fourth-order valence-corrected chi connectivity index (χ4v) is 5.58. The maximum absolute atomic E-state index is 13.4. The molecule has 2 aromatic heterocycles. The number of benzene rings is 2. The highest BCUT2D eigenvalue weighted by atomic mass is 32.2. The van der Waals surface area contributed by atoms with Gasteiger partial charge in [0.05, 0.1) is 17.4 Å². The number of nitrogens with one attached hydrogen (secondary N) is 1. The van der Waals surface area contributed by atoms with Gasteiger partial charge < -0.3 is 19.5 Å². The van der Waals surface area contributed by atoms with Crippen LogP contribution in [0.2, 0.25) is 0 Å². The minimum atomic E-state index is -3.87. The number of carbonyl (C=O) groups excluding carboxylic acids is 2. The van der Waals surface area contributed by atoms with Gasteiger partial charge in [-0.3, -0.25) is 0 Å². The zero-order valence-electron chi connectivity index (χ0n) is 23.8. The average molecular weight is 580 g/mol. The van der Waals surface area contributed by atoms with Gasteiger partial charge in [0, 0.05) is 18.8 Å². The second kappa shape index (κ2) is 11.6. The van der Waals surface area contributed by atoms with E-state index in [9.17, 15) is 18.0 Å². The molecule has 0 aliphatic carbocycles. The van der Waals surface area contributed by atoms with E-state index in [1.807, 2.05) is 6.92 Å². The molecule has 0 aliphatic heterocycles. The lowest BCUT2D eigenvalue weighted by molar-refractivity contribution is -0.143. The summed E-state index contributed by atoms with van der Waals surface area (Å²) in [6.45, 7) is 8.88. The van der Waals surface area contributed by atoms with Gasteiger partial charge in [-0.25, -0.2) is 27.0 Å². The number of alkyl carbamates (subject to hydrolysis) is 1. The van der Waals surface area contributed by atoms with Gasteiger partial charge in [-0.1, -0.05) is 29.8 Å². The van der Waals surface area contributed by atoms with Gasteiger partial charge in [-0.2, -0.15) is 0 Å². The first-order valence-corrected chi connectivity index (χ1v) is 14.4. The summed E-state index contributed by atoms with van der Waals surface area (Å²) < 4.78 is 44.2. The SMILES string of the molecule is COC(=O)[C@H](Cc1ccc(Oc2ccnc3c2c(C)cn3S(=O)(=O)c2ccc(C)cc2)cc1)NC(=O)OC(C)(C)C. The Labute approximate surface area is 239 Å². The zero-order chi connectivity index (χ0) is 29.9. The van der Waals surface area contributed by atoms with Gasteiger partial charge in [-0.05, 0) is 76.1 Å². The molecule has 1 amide bonds. The molecule has 0 unspecified atom stereocenters. The number of hydrogen-bond donors (Lipinski definition) is 1. The Bertz CT molecular complexity index is 1670. The van der Waals surface area contributed by atoms with Crippen LogP contribution >= 0.6 is 0 Å². The normalized spacial score (nSPS) is 12.5. The molecule has 4 rings (SSSR count). The molecule has 11 heteroatoms. The molecule has 0 fully saturated rings. The summed E-state index contributed by atoms with van der Waals surface area (Å²) in [5.41, 5.74) is 1.93. The van der Waals surface area contributed by atoms with Gasteiger partial charge in [0.15, 0.2) is 5.65 Å². The highest BCUT2D eigenvalue weighted by Crippen LogP contribution is 2.34. The smallest absolute Gasteiger partial charge is 0.408 e. The van der Waals surface area contributed by atoms with E-state index in [1.165, 1.54) is 23.5 Å². The molecule has 1 N–H and O–H groups in total. The van der Waals surface area contributed by atoms with Crippen molar-refractivity contribution in [2.45, 2.75) is 57.6 Å². The molecule has 2 heterocycles. The molecule has 0 radical (unpaired) electrons. The number of esters is 1. The Hall–Kier alpha value is -4.38. The molecule has 0 saturated carbocycles. The number of nitrogens with zero attached hydrogens (tertiary/aromatic N) is 2. The number of ether oxygens (including phenoxy) is 3. The maximum Gasteiger partial charge on any atom is 0.408 e. The van der Waals surface area contributed by atoms with Gasteiger partial charge >= 0.3 is 12.1 Å². The number of pyridine rings is 1. The summed E-state index contributed by atoms with van der Waals surface area (Å²) in [4.78, 5) is 29.0. The molecule has 0 bridgehead atoms. The lowest BCUT2D eigenvalue weighted by Crippen LogP contribution is -2.45. The molecule has 0 saturated heterocycles. The minimum Gasteiger partial charge on any atom is -0.467 e. The average Bonchev–Trinajstić information content (AvgIpc) is 3.26. The Balaban J connectivity index is 1.56. The van der Waals surface area contributed by atoms with E-state index in [0.717, 1.165) is 11.1 Å². The molecule has 2 aromatic carbocycles. The van der Waals surface area contributed by atoms with Crippen LogP contribution in [0.15, 0.2) is 71.9 Å². The number of rotatable bonds is 8. The first kappa shape index (κ1) is 29.6. The van der Waals surface area contributed by atoms with E-state index in [-0.39, 0.29) is 17.0 Å². The highest BCUT2D eigenvalue weighted by molar-refractivity contribution is 7.90. The molecule has 41 heavy (non-hydrogen) atoms. The summed E-state index contributed by atoms with van der Waals surface area (Å²) in [7, 11) is -2.62. The van der Waals surface area contributed by atoms with Crippen molar-refractivity contribution in [1.29, 1.82) is 0 Å². The van der Waals surface area contributed by atoms with Crippen LogP contribution in [0.3, 0.4) is 0 Å². The van der Waals surface area contributed by atoms with Crippen LogP contribution in [0.4, 0.5) is 4.79 Å². The van der Waals surface area contributed by atoms with Crippen LogP contribution in [0, 0.1) is 13.8 Å². The molecule has 216 valence electrons. The molecular weight excluding hydrogens is 546 g/mol. The second-order valence-corrected chi connectivity index (χ2v) is 12.4. The first-order chi connectivity index (χ1) is 19.3. The van der Waals surface area contributed by atoms with Gasteiger partial charge in [-0.15, -0.1) is 0 Å². The predicted octanol–water partition coefficient (Wildman–Crippen LogP) is 5.29. The maximum atomic E-state index is 13.4. The van der Waals surface area contributed by atoms with Crippen molar-refractivity contribution in [2.24, 2.45) is 0 Å². The van der Waals surface area contributed by atoms with Crippen molar-refractivity contribution in [1.82, 2.24) is 14.3 Å². The van der Waals surface area contributed by atoms with Crippen LogP contribution < -0.4 is 10.1 Å². The zero-order valence-corrected chi connectivity index (χ0v) is 24.6. The fourth-order valence-electron chi connectivity index (χ4n) is 4.21. The molecule has 1 atom stereocenters. The van der Waals surface area contributed by atoms with Crippen molar-refractivity contribution in [2.75, 3.05) is 7.11 Å². The third kappa shape index (κ3) is 6.86. The molecule has 10 nitrogen and oxygen atoms in total. The van der Waals surface area contributed by atoms with Crippen molar-refractivity contribution in [3.8, 4) is 11.5 Å². The van der Waals surface area contributed by atoms with Crippen molar-refractivity contribution < 1.29 is 32.2 Å². The van der Waals surface area contributed by atoms with E-state index in [2.05, 4.69) is 10.3 Å². The van der Waals surface area contributed by atoms with Crippen LogP contribution in [0.1, 0.15) is 37.5 Å². The third-order valence-corrected chi connectivity index (χ3v) is 7.82. The first-order valence-electron chi connectivity index (χ1n) is 12.9. The largest absolute Gasteiger partial charge is 0.467 e. The van der Waals surface area contributed by atoms with Crippen molar-refractivity contribution in [3.05, 3.63) is 83.7 Å². The Kier molecular flexibility index (Phi) is 8.39. The predicted molar refractivity (Wildman–Crippen MR) is 154 cm³/mol. The van der Waals surface area contributed by atoms with Crippen LogP contribution in [0.5, 0.6) is 11.5 Å². The second-order valence-electron chi connectivity index (χ2n) is 10.6. The number of amides is 1. The topological polar surface area (TPSA) is 126 Å². The van der Waals surface area contributed by atoms with E-state index < -0.39 is 33.7 Å². The van der Waals surface area contributed by atoms with Crippen LogP contribution in [0.25, 0.3) is 11.0 Å². The summed E-state index contributed by atoms with van der Waals surface area (Å²) in [5, 5.41) is 3.13. The summed E-state index contributed by atoms with van der Waals surface area (Å²) in [6.07, 6.45) is 2.48. The van der Waals surface area contributed by atoms with Gasteiger partial charge in [0.25, 0.3) is 10.0 Å². The number of aryl methyl sites for hydroxylation is 2. The monoisotopic (exact) mass is 579 g/mol. The molecule has 4 aromatic rings. The lowest BCUT2D eigenvalue weighted by Gasteiger charge is -2.22. The van der Waals surface area contributed by atoms with E-state index in [1.54, 1.807) is 82.3 Å². The molecular formula is C30H33N3O7S. The number of methoxy groups -OCH3 is 1. The lowest BCUT2D eigenvalue weighted by atomic mass is 10.1. The summed E-state index contributed by atoms with van der Waals surface area (Å²) in [5.74, 6) is 0.331. The highest BCUT2D eigenvalue weighted by Gasteiger charge is 2.26. The number of hydrogen-bond acceptors (Lipinski definition) is 8. The Morgan fingerprint density at radius 3 is 2.27 bits per heavy atom. The van der Waals surface area contributed by atoms with E-state index in [4.69, 9.17) is 14.2 Å². The summed E-state index contributed by atoms with van der Waals surface area (Å²) >= 11 is 0. The van der Waals surface area contributed by atoms with Crippen LogP contribution in [-0.4, -0.2) is 48.2 Å². The van der Waals surface area contributed by atoms with Crippen molar-refractivity contribution >= 4 is 33.1 Å². The van der Waals surface area contributed by atoms with E-state index >= 15 is 0 Å². The standard InChI is InChI=1S/C30H33N3O7S/c1-19-7-13-23(14-8-19)41(36,37)33-18-20(2)26-25(15-16-31-27(26)33)39-22-11-9-21(10-12-22)17-24(28(34)38-6)32-29(35)40-30(3,4)5/h7-16,18,24H,17H2,1-6H3,(H,32,35)/t24-/m0/s1. The van der Waals surface area contributed by atoms with Crippen LogP contribution in [-0.2, 0) is 30.7 Å². The molecule has 0 spiro atoms.